The Hall–Kier alpha value is -1.89. The first-order chi connectivity index (χ1) is 8.79. The van der Waals surface area contributed by atoms with Gasteiger partial charge < -0.3 is 20.3 Å². The van der Waals surface area contributed by atoms with Gasteiger partial charge in [0, 0.05) is 39.4 Å². The second-order valence-electron chi connectivity index (χ2n) is 3.97. The van der Waals surface area contributed by atoms with Crippen molar-refractivity contribution >= 4 is 11.8 Å². The third kappa shape index (κ3) is 3.30. The van der Waals surface area contributed by atoms with Gasteiger partial charge in [0.2, 0.25) is 0 Å². The summed E-state index contributed by atoms with van der Waals surface area (Å²) in [5.74, 6) is 0.747. The molecule has 2 amide bonds. The quantitative estimate of drug-likeness (QED) is 0.747. The average molecular weight is 251 g/mol. The second-order valence-corrected chi connectivity index (χ2v) is 3.97. The van der Waals surface area contributed by atoms with Crippen LogP contribution in [0.4, 0.5) is 10.6 Å². The smallest absolute Gasteiger partial charge is 0.317 e. The van der Waals surface area contributed by atoms with Crippen LogP contribution in [-0.2, 0) is 11.3 Å². The van der Waals surface area contributed by atoms with Crippen LogP contribution in [-0.4, -0.2) is 54.2 Å². The summed E-state index contributed by atoms with van der Waals surface area (Å²) in [6.45, 7) is 3.28. The molecule has 7 nitrogen and oxygen atoms in total. The SMILES string of the molecule is COCc1cc(NCCN2CCNC2=O)ncn1. The predicted octanol–water partition coefficient (Wildman–Crippen LogP) is 0.0601. The van der Waals surface area contributed by atoms with Crippen molar-refractivity contribution in [2.75, 3.05) is 38.6 Å². The zero-order valence-corrected chi connectivity index (χ0v) is 10.3. The number of carbonyl (C=O) groups excluding carboxylic acids is 1. The molecule has 0 bridgehead atoms. The Bertz CT molecular complexity index is 412. The fourth-order valence-electron chi connectivity index (χ4n) is 1.76. The predicted molar refractivity (Wildman–Crippen MR) is 66.2 cm³/mol. The van der Waals surface area contributed by atoms with Gasteiger partial charge in [0.15, 0.2) is 0 Å². The molecule has 1 aliphatic heterocycles. The monoisotopic (exact) mass is 251 g/mol. The molecule has 1 aliphatic rings. The highest BCUT2D eigenvalue weighted by molar-refractivity contribution is 5.76. The molecule has 7 heteroatoms. The molecule has 1 aromatic heterocycles. The second kappa shape index (κ2) is 6.15. The first-order valence-corrected chi connectivity index (χ1v) is 5.86. The number of carbonyl (C=O) groups is 1. The molecule has 0 spiro atoms. The number of urea groups is 1. The van der Waals surface area contributed by atoms with E-state index in [4.69, 9.17) is 4.74 Å². The number of methoxy groups -OCH3 is 1. The van der Waals surface area contributed by atoms with Crippen LogP contribution in [0.15, 0.2) is 12.4 Å². The van der Waals surface area contributed by atoms with Gasteiger partial charge in [-0.2, -0.15) is 0 Å². The number of hydrogen-bond donors (Lipinski definition) is 2. The van der Waals surface area contributed by atoms with Crippen LogP contribution in [0.5, 0.6) is 0 Å². The van der Waals surface area contributed by atoms with Crippen molar-refractivity contribution in [3.63, 3.8) is 0 Å². The summed E-state index contributed by atoms with van der Waals surface area (Å²) < 4.78 is 5.00. The number of anilines is 1. The Balaban J connectivity index is 1.79. The molecule has 0 radical (unpaired) electrons. The summed E-state index contributed by atoms with van der Waals surface area (Å²) >= 11 is 0. The lowest BCUT2D eigenvalue weighted by Crippen LogP contribution is -2.32. The highest BCUT2D eigenvalue weighted by Crippen LogP contribution is 2.04. The van der Waals surface area contributed by atoms with Gasteiger partial charge in [0.1, 0.15) is 12.1 Å². The molecule has 98 valence electrons. The summed E-state index contributed by atoms with van der Waals surface area (Å²) in [7, 11) is 1.63. The molecule has 18 heavy (non-hydrogen) atoms. The van der Waals surface area contributed by atoms with Crippen LogP contribution in [0.25, 0.3) is 0 Å². The zero-order valence-electron chi connectivity index (χ0n) is 10.3. The Morgan fingerprint density at radius 3 is 3.17 bits per heavy atom. The number of hydrogen-bond acceptors (Lipinski definition) is 5. The van der Waals surface area contributed by atoms with Gasteiger partial charge in [0.05, 0.1) is 12.3 Å². The van der Waals surface area contributed by atoms with Crippen LogP contribution >= 0.6 is 0 Å². The molecule has 2 rings (SSSR count). The fraction of sp³-hybridized carbons (Fsp3) is 0.545. The lowest BCUT2D eigenvalue weighted by Gasteiger charge is -2.14. The van der Waals surface area contributed by atoms with Crippen LogP contribution in [0.3, 0.4) is 0 Å². The third-order valence-corrected chi connectivity index (χ3v) is 2.65. The third-order valence-electron chi connectivity index (χ3n) is 2.65. The van der Waals surface area contributed by atoms with Crippen molar-refractivity contribution in [3.8, 4) is 0 Å². The first-order valence-electron chi connectivity index (χ1n) is 5.86. The van der Waals surface area contributed by atoms with Crippen LogP contribution in [0.2, 0.25) is 0 Å². The fourth-order valence-corrected chi connectivity index (χ4v) is 1.76. The van der Waals surface area contributed by atoms with E-state index in [-0.39, 0.29) is 6.03 Å². The Morgan fingerprint density at radius 1 is 1.56 bits per heavy atom. The Morgan fingerprint density at radius 2 is 2.44 bits per heavy atom. The van der Waals surface area contributed by atoms with Crippen molar-refractivity contribution in [1.29, 1.82) is 0 Å². The van der Waals surface area contributed by atoms with Gasteiger partial charge in [-0.25, -0.2) is 14.8 Å². The van der Waals surface area contributed by atoms with Crippen molar-refractivity contribution in [2.24, 2.45) is 0 Å². The number of aromatic nitrogens is 2. The number of rotatable bonds is 6. The van der Waals surface area contributed by atoms with E-state index in [0.717, 1.165) is 24.6 Å². The molecule has 0 atom stereocenters. The van der Waals surface area contributed by atoms with Crippen LogP contribution in [0.1, 0.15) is 5.69 Å². The van der Waals surface area contributed by atoms with Gasteiger partial charge in [-0.1, -0.05) is 0 Å². The van der Waals surface area contributed by atoms with Crippen LogP contribution in [0, 0.1) is 0 Å². The van der Waals surface area contributed by atoms with Gasteiger partial charge in [-0.05, 0) is 0 Å². The van der Waals surface area contributed by atoms with E-state index in [1.165, 1.54) is 6.33 Å². The molecule has 0 aromatic carbocycles. The average Bonchev–Trinajstić information content (AvgIpc) is 2.76. The van der Waals surface area contributed by atoms with E-state index in [2.05, 4.69) is 20.6 Å². The van der Waals surface area contributed by atoms with Crippen LogP contribution < -0.4 is 10.6 Å². The minimum absolute atomic E-state index is 0.000408. The molecule has 1 saturated heterocycles. The van der Waals surface area contributed by atoms with Crippen molar-refractivity contribution in [3.05, 3.63) is 18.1 Å². The summed E-state index contributed by atoms with van der Waals surface area (Å²) in [5, 5.41) is 5.92. The summed E-state index contributed by atoms with van der Waals surface area (Å²) in [6.07, 6.45) is 1.50. The van der Waals surface area contributed by atoms with Crippen molar-refractivity contribution in [1.82, 2.24) is 20.2 Å². The maximum absolute atomic E-state index is 11.3. The van der Waals surface area contributed by atoms with Crippen molar-refractivity contribution in [2.45, 2.75) is 6.61 Å². The van der Waals surface area contributed by atoms with E-state index in [0.29, 0.717) is 19.7 Å². The molecule has 2 N–H and O–H groups in total. The van der Waals surface area contributed by atoms with E-state index in [9.17, 15) is 4.79 Å². The van der Waals surface area contributed by atoms with Gasteiger partial charge in [0.25, 0.3) is 0 Å². The van der Waals surface area contributed by atoms with E-state index >= 15 is 0 Å². The molecule has 2 heterocycles. The number of amides is 2. The standard InChI is InChI=1S/C11H17N5O2/c1-18-7-9-6-10(15-8-14-9)12-2-4-16-5-3-13-11(16)17/h6,8H,2-5,7H2,1H3,(H,13,17)(H,12,14,15). The van der Waals surface area contributed by atoms with E-state index in [1.807, 2.05) is 6.07 Å². The summed E-state index contributed by atoms with van der Waals surface area (Å²) in [6, 6.07) is 1.84. The summed E-state index contributed by atoms with van der Waals surface area (Å²) in [4.78, 5) is 21.3. The van der Waals surface area contributed by atoms with E-state index in [1.54, 1.807) is 12.0 Å². The lowest BCUT2D eigenvalue weighted by molar-refractivity contribution is 0.181. The van der Waals surface area contributed by atoms with Gasteiger partial charge in [-0.15, -0.1) is 0 Å². The van der Waals surface area contributed by atoms with E-state index < -0.39 is 0 Å². The lowest BCUT2D eigenvalue weighted by atomic mass is 10.4. The molecule has 1 fully saturated rings. The molecule has 0 aliphatic carbocycles. The number of ether oxygens (including phenoxy) is 1. The maximum Gasteiger partial charge on any atom is 0.317 e. The molecule has 0 unspecified atom stereocenters. The maximum atomic E-state index is 11.3. The highest BCUT2D eigenvalue weighted by Gasteiger charge is 2.18. The van der Waals surface area contributed by atoms with Gasteiger partial charge in [-0.3, -0.25) is 0 Å². The minimum atomic E-state index is -0.000408. The van der Waals surface area contributed by atoms with Crippen molar-refractivity contribution < 1.29 is 9.53 Å². The number of nitrogens with zero attached hydrogens (tertiary/aromatic N) is 3. The summed E-state index contributed by atoms with van der Waals surface area (Å²) in [5.41, 5.74) is 0.828. The highest BCUT2D eigenvalue weighted by atomic mass is 16.5. The largest absolute Gasteiger partial charge is 0.378 e. The molecular formula is C11H17N5O2. The molecular weight excluding hydrogens is 234 g/mol. The van der Waals surface area contributed by atoms with Gasteiger partial charge >= 0.3 is 6.03 Å². The molecule has 1 aromatic rings. The topological polar surface area (TPSA) is 79.4 Å². The zero-order chi connectivity index (χ0) is 12.8. The Kier molecular flexibility index (Phi) is 4.30. The number of nitrogens with one attached hydrogen (secondary N) is 2. The first kappa shape index (κ1) is 12.6. The normalized spacial score (nSPS) is 14.7. The Labute approximate surface area is 106 Å². The minimum Gasteiger partial charge on any atom is -0.378 e. The molecule has 0 saturated carbocycles.